The second-order valence-electron chi connectivity index (χ2n) is 5.18. The van der Waals surface area contributed by atoms with E-state index in [9.17, 15) is 4.79 Å². The molecule has 0 amide bonds. The fourth-order valence-electron chi connectivity index (χ4n) is 2.40. The van der Waals surface area contributed by atoms with Crippen molar-refractivity contribution < 1.29 is 4.79 Å². The van der Waals surface area contributed by atoms with Crippen LogP contribution in [-0.4, -0.2) is 31.0 Å². The molecule has 6 nitrogen and oxygen atoms in total. The largest absolute Gasteiger partial charge is 0.303 e. The summed E-state index contributed by atoms with van der Waals surface area (Å²) in [5.74, 6) is 3.39. The molecule has 0 aromatic carbocycles. The first kappa shape index (κ1) is 12.9. The van der Waals surface area contributed by atoms with E-state index in [1.165, 1.54) is 0 Å². The summed E-state index contributed by atoms with van der Waals surface area (Å²) in [7, 11) is 0. The van der Waals surface area contributed by atoms with Crippen molar-refractivity contribution in [2.24, 2.45) is 5.92 Å². The van der Waals surface area contributed by atoms with Crippen molar-refractivity contribution >= 4 is 6.29 Å². The lowest BCUT2D eigenvalue weighted by Crippen LogP contribution is -2.08. The van der Waals surface area contributed by atoms with Crippen molar-refractivity contribution in [2.45, 2.75) is 39.5 Å². The number of aromatic nitrogens is 5. The number of rotatable bonds is 4. The summed E-state index contributed by atoms with van der Waals surface area (Å²) >= 11 is 0. The van der Waals surface area contributed by atoms with Crippen molar-refractivity contribution in [2.75, 3.05) is 0 Å². The average molecular weight is 271 g/mol. The highest BCUT2D eigenvalue weighted by molar-refractivity contribution is 5.61. The maximum absolute atomic E-state index is 10.8. The fraction of sp³-hybridized carbons (Fsp3) is 0.500. The first-order valence-electron chi connectivity index (χ1n) is 6.86. The van der Waals surface area contributed by atoms with Crippen LogP contribution in [0.1, 0.15) is 42.4 Å². The van der Waals surface area contributed by atoms with Crippen LogP contribution < -0.4 is 0 Å². The SMILES string of the molecule is CCc1nc([C@H]2C[C@@H]2C=O)cc(-n2nc(C)nc2C)n1. The van der Waals surface area contributed by atoms with E-state index in [-0.39, 0.29) is 11.8 Å². The minimum atomic E-state index is 0.112. The molecular weight excluding hydrogens is 254 g/mol. The molecule has 1 aliphatic rings. The third-order valence-electron chi connectivity index (χ3n) is 3.58. The predicted molar refractivity (Wildman–Crippen MR) is 72.7 cm³/mol. The zero-order chi connectivity index (χ0) is 14.3. The number of aldehydes is 1. The Balaban J connectivity index is 2.04. The van der Waals surface area contributed by atoms with Crippen LogP contribution in [0.25, 0.3) is 5.82 Å². The van der Waals surface area contributed by atoms with Gasteiger partial charge in [-0.2, -0.15) is 4.68 Å². The molecule has 0 unspecified atom stereocenters. The fourth-order valence-corrected chi connectivity index (χ4v) is 2.40. The summed E-state index contributed by atoms with van der Waals surface area (Å²) in [4.78, 5) is 24.2. The molecule has 20 heavy (non-hydrogen) atoms. The molecule has 0 saturated heterocycles. The molecule has 1 fully saturated rings. The molecule has 1 saturated carbocycles. The van der Waals surface area contributed by atoms with E-state index in [0.717, 1.165) is 48.1 Å². The Kier molecular flexibility index (Phi) is 3.08. The van der Waals surface area contributed by atoms with E-state index < -0.39 is 0 Å². The Morgan fingerprint density at radius 3 is 2.70 bits per heavy atom. The zero-order valence-corrected chi connectivity index (χ0v) is 11.9. The molecular formula is C14H17N5O. The maximum atomic E-state index is 10.8. The molecule has 3 rings (SSSR count). The summed E-state index contributed by atoms with van der Waals surface area (Å²) in [6.07, 6.45) is 2.66. The Morgan fingerprint density at radius 1 is 1.35 bits per heavy atom. The van der Waals surface area contributed by atoms with Crippen LogP contribution in [0, 0.1) is 19.8 Å². The van der Waals surface area contributed by atoms with E-state index in [1.807, 2.05) is 26.8 Å². The summed E-state index contributed by atoms with van der Waals surface area (Å²) in [5, 5.41) is 4.36. The molecule has 2 aromatic heterocycles. The second kappa shape index (κ2) is 4.77. The Hall–Kier alpha value is -2.11. The number of carbonyl (C=O) groups is 1. The van der Waals surface area contributed by atoms with Gasteiger partial charge in [-0.05, 0) is 20.3 Å². The molecule has 0 radical (unpaired) electrons. The van der Waals surface area contributed by atoms with Gasteiger partial charge >= 0.3 is 0 Å². The number of hydrogen-bond acceptors (Lipinski definition) is 5. The molecule has 1 aliphatic carbocycles. The molecule has 0 bridgehead atoms. The van der Waals surface area contributed by atoms with Crippen molar-refractivity contribution in [3.05, 3.63) is 29.2 Å². The van der Waals surface area contributed by atoms with Crippen molar-refractivity contribution in [1.82, 2.24) is 24.7 Å². The van der Waals surface area contributed by atoms with Crippen LogP contribution in [0.4, 0.5) is 0 Å². The molecule has 6 heteroatoms. The number of hydrogen-bond donors (Lipinski definition) is 0. The van der Waals surface area contributed by atoms with E-state index in [1.54, 1.807) is 4.68 Å². The lowest BCUT2D eigenvalue weighted by atomic mass is 10.2. The smallest absolute Gasteiger partial charge is 0.159 e. The average Bonchev–Trinajstić information content (AvgIpc) is 3.16. The van der Waals surface area contributed by atoms with Crippen LogP contribution in [0.3, 0.4) is 0 Å². The van der Waals surface area contributed by atoms with Crippen LogP contribution in [0.2, 0.25) is 0 Å². The maximum Gasteiger partial charge on any atom is 0.159 e. The highest BCUT2D eigenvalue weighted by atomic mass is 16.1. The molecule has 104 valence electrons. The monoisotopic (exact) mass is 271 g/mol. The van der Waals surface area contributed by atoms with Gasteiger partial charge in [0.15, 0.2) is 5.82 Å². The highest BCUT2D eigenvalue weighted by Crippen LogP contribution is 2.45. The van der Waals surface area contributed by atoms with Gasteiger partial charge in [-0.15, -0.1) is 5.10 Å². The predicted octanol–water partition coefficient (Wildman–Crippen LogP) is 1.54. The molecule has 0 spiro atoms. The summed E-state index contributed by atoms with van der Waals surface area (Å²) in [6.45, 7) is 5.78. The summed E-state index contributed by atoms with van der Waals surface area (Å²) < 4.78 is 1.73. The Bertz CT molecular complexity index is 664. The molecule has 0 aliphatic heterocycles. The van der Waals surface area contributed by atoms with Crippen LogP contribution in [-0.2, 0) is 11.2 Å². The highest BCUT2D eigenvalue weighted by Gasteiger charge is 2.39. The molecule has 0 N–H and O–H groups in total. The topological polar surface area (TPSA) is 73.6 Å². The lowest BCUT2D eigenvalue weighted by molar-refractivity contribution is -0.108. The Labute approximate surface area is 117 Å². The minimum absolute atomic E-state index is 0.112. The van der Waals surface area contributed by atoms with Crippen molar-refractivity contribution in [3.8, 4) is 5.82 Å². The van der Waals surface area contributed by atoms with Crippen LogP contribution in [0.15, 0.2) is 6.07 Å². The van der Waals surface area contributed by atoms with Gasteiger partial charge in [0.2, 0.25) is 0 Å². The molecule has 2 atom stereocenters. The van der Waals surface area contributed by atoms with Gasteiger partial charge in [0, 0.05) is 24.3 Å². The first-order chi connectivity index (χ1) is 9.62. The van der Waals surface area contributed by atoms with Gasteiger partial charge in [-0.1, -0.05) is 6.92 Å². The quantitative estimate of drug-likeness (QED) is 0.789. The summed E-state index contributed by atoms with van der Waals surface area (Å²) in [5.41, 5.74) is 0.941. The molecule has 2 aromatic rings. The second-order valence-corrected chi connectivity index (χ2v) is 5.18. The number of nitrogens with zero attached hydrogens (tertiary/aromatic N) is 5. The standard InChI is InChI=1S/C14H17N5O/c1-4-13-16-12(11-5-10(11)7-20)6-14(17-13)19-9(3)15-8(2)18-19/h6-7,10-11H,4-5H2,1-3H3/t10-,11+/m1/s1. The van der Waals surface area contributed by atoms with Crippen LogP contribution >= 0.6 is 0 Å². The van der Waals surface area contributed by atoms with Crippen LogP contribution in [0.5, 0.6) is 0 Å². The van der Waals surface area contributed by atoms with Gasteiger partial charge in [0.05, 0.1) is 5.69 Å². The minimum Gasteiger partial charge on any atom is -0.303 e. The van der Waals surface area contributed by atoms with E-state index in [2.05, 4.69) is 20.1 Å². The summed E-state index contributed by atoms with van der Waals surface area (Å²) in [6, 6.07) is 1.93. The van der Waals surface area contributed by atoms with Gasteiger partial charge in [0.1, 0.15) is 23.8 Å². The van der Waals surface area contributed by atoms with Gasteiger partial charge in [0.25, 0.3) is 0 Å². The van der Waals surface area contributed by atoms with Gasteiger partial charge in [-0.3, -0.25) is 0 Å². The zero-order valence-electron chi connectivity index (χ0n) is 11.9. The first-order valence-corrected chi connectivity index (χ1v) is 6.86. The van der Waals surface area contributed by atoms with Gasteiger partial charge in [-0.25, -0.2) is 15.0 Å². The number of carbonyl (C=O) groups excluding carboxylic acids is 1. The third-order valence-corrected chi connectivity index (χ3v) is 3.58. The lowest BCUT2D eigenvalue weighted by Gasteiger charge is -2.07. The normalized spacial score (nSPS) is 20.9. The van der Waals surface area contributed by atoms with E-state index in [4.69, 9.17) is 0 Å². The van der Waals surface area contributed by atoms with Gasteiger partial charge < -0.3 is 4.79 Å². The number of aryl methyl sites for hydroxylation is 3. The van der Waals surface area contributed by atoms with Crippen molar-refractivity contribution in [1.29, 1.82) is 0 Å². The third kappa shape index (κ3) is 2.21. The van der Waals surface area contributed by atoms with Crippen molar-refractivity contribution in [3.63, 3.8) is 0 Å². The van der Waals surface area contributed by atoms with E-state index in [0.29, 0.717) is 0 Å². The molecule has 2 heterocycles. The van der Waals surface area contributed by atoms with E-state index >= 15 is 0 Å². The Morgan fingerprint density at radius 2 is 2.15 bits per heavy atom.